The fourth-order valence-corrected chi connectivity index (χ4v) is 5.10. The molecule has 1 atom stereocenters. The highest BCUT2D eigenvalue weighted by Crippen LogP contribution is 2.37. The van der Waals surface area contributed by atoms with Gasteiger partial charge in [-0.05, 0) is 47.9 Å². The van der Waals surface area contributed by atoms with Gasteiger partial charge < -0.3 is 0 Å². The van der Waals surface area contributed by atoms with Crippen LogP contribution in [0.2, 0.25) is 0 Å². The van der Waals surface area contributed by atoms with E-state index in [0.717, 1.165) is 22.3 Å². The third kappa shape index (κ3) is 4.02. The molecule has 0 spiro atoms. The lowest BCUT2D eigenvalue weighted by molar-refractivity contribution is 0.423. The summed E-state index contributed by atoms with van der Waals surface area (Å²) in [5.74, 6) is -0.481. The Morgan fingerprint density at radius 2 is 1.55 bits per heavy atom. The number of hydrogen-bond acceptors (Lipinski definition) is 2. The van der Waals surface area contributed by atoms with Gasteiger partial charge in [0.25, 0.3) is 0 Å². The van der Waals surface area contributed by atoms with Gasteiger partial charge in [0.1, 0.15) is 5.82 Å². The smallest absolute Gasteiger partial charge is 0.207 e. The van der Waals surface area contributed by atoms with E-state index in [9.17, 15) is 12.8 Å². The van der Waals surface area contributed by atoms with E-state index in [-0.39, 0.29) is 16.6 Å². The summed E-state index contributed by atoms with van der Waals surface area (Å²) in [7, 11) is -3.62. The molecule has 1 unspecified atom stereocenters. The van der Waals surface area contributed by atoms with Crippen molar-refractivity contribution in [1.82, 2.24) is 4.31 Å². The summed E-state index contributed by atoms with van der Waals surface area (Å²) < 4.78 is 41.4. The van der Waals surface area contributed by atoms with Gasteiger partial charge >= 0.3 is 0 Å². The molecule has 3 aromatic carbocycles. The van der Waals surface area contributed by atoms with Crippen LogP contribution < -0.4 is 0 Å². The van der Waals surface area contributed by atoms with Crippen LogP contribution in [0.1, 0.15) is 22.6 Å². The number of nitrogens with zero attached hydrogens (tertiary/aromatic N) is 1. The van der Waals surface area contributed by atoms with Crippen LogP contribution in [-0.4, -0.2) is 25.8 Å². The second-order valence-electron chi connectivity index (χ2n) is 7.26. The lowest BCUT2D eigenvalue weighted by Crippen LogP contribution is -2.38. The van der Waals surface area contributed by atoms with Crippen LogP contribution >= 0.6 is 0 Å². The minimum atomic E-state index is -3.62. The van der Waals surface area contributed by atoms with Crippen LogP contribution in [-0.2, 0) is 10.0 Å². The molecule has 1 heterocycles. The summed E-state index contributed by atoms with van der Waals surface area (Å²) in [6.07, 6.45) is 1.97. The molecule has 0 bridgehead atoms. The van der Waals surface area contributed by atoms with Crippen molar-refractivity contribution in [3.8, 4) is 0 Å². The summed E-state index contributed by atoms with van der Waals surface area (Å²) in [5.41, 5.74) is 4.02. The highest BCUT2D eigenvalue weighted by Gasteiger charge is 2.32. The first kappa shape index (κ1) is 19.6. The Kier molecular flexibility index (Phi) is 5.35. The van der Waals surface area contributed by atoms with E-state index in [0.29, 0.717) is 13.1 Å². The highest BCUT2D eigenvalue weighted by atomic mass is 32.2. The molecular weight excluding hydrogens is 385 g/mol. The van der Waals surface area contributed by atoms with Crippen molar-refractivity contribution in [2.45, 2.75) is 17.7 Å². The molecule has 4 rings (SSSR count). The zero-order valence-electron chi connectivity index (χ0n) is 16.1. The first-order valence-electron chi connectivity index (χ1n) is 9.53. The van der Waals surface area contributed by atoms with E-state index in [4.69, 9.17) is 0 Å². The standard InChI is InChI=1S/C24H22FNO2S/c1-18-7-13-22(14-8-18)29(27,28)26-16-15-23(19-5-3-2-4-6-19)24(17-26)20-9-11-21(25)12-10-20/h2-15,24H,16-17H2,1H3. The Bertz CT molecular complexity index is 1120. The Morgan fingerprint density at radius 1 is 0.897 bits per heavy atom. The van der Waals surface area contributed by atoms with E-state index in [1.807, 2.05) is 43.3 Å². The lowest BCUT2D eigenvalue weighted by Gasteiger charge is -2.33. The predicted molar refractivity (Wildman–Crippen MR) is 113 cm³/mol. The van der Waals surface area contributed by atoms with Gasteiger partial charge in [-0.15, -0.1) is 0 Å². The molecule has 3 nitrogen and oxygen atoms in total. The lowest BCUT2D eigenvalue weighted by atomic mass is 9.84. The third-order valence-corrected chi connectivity index (χ3v) is 7.16. The maximum absolute atomic E-state index is 13.5. The quantitative estimate of drug-likeness (QED) is 0.610. The molecule has 0 radical (unpaired) electrons. The third-order valence-electron chi connectivity index (χ3n) is 5.31. The molecular formula is C24H22FNO2S. The number of halogens is 1. The molecule has 1 aliphatic heterocycles. The van der Waals surface area contributed by atoms with Gasteiger partial charge in [-0.25, -0.2) is 12.8 Å². The summed E-state index contributed by atoms with van der Waals surface area (Å²) >= 11 is 0. The average Bonchev–Trinajstić information content (AvgIpc) is 2.75. The van der Waals surface area contributed by atoms with Gasteiger partial charge in [0.15, 0.2) is 0 Å². The second kappa shape index (κ2) is 7.93. The van der Waals surface area contributed by atoms with Gasteiger partial charge in [0.05, 0.1) is 4.90 Å². The predicted octanol–water partition coefficient (Wildman–Crippen LogP) is 5.01. The van der Waals surface area contributed by atoms with E-state index in [1.165, 1.54) is 16.4 Å². The number of sulfonamides is 1. The van der Waals surface area contributed by atoms with Crippen molar-refractivity contribution in [3.63, 3.8) is 0 Å². The molecule has 0 amide bonds. The Labute approximate surface area is 171 Å². The second-order valence-corrected chi connectivity index (χ2v) is 9.20. The van der Waals surface area contributed by atoms with Crippen molar-refractivity contribution >= 4 is 15.6 Å². The van der Waals surface area contributed by atoms with Crippen LogP contribution in [0.15, 0.2) is 89.8 Å². The molecule has 0 fully saturated rings. The number of aryl methyl sites for hydroxylation is 1. The maximum atomic E-state index is 13.5. The monoisotopic (exact) mass is 407 g/mol. The zero-order chi connectivity index (χ0) is 20.4. The van der Waals surface area contributed by atoms with Crippen LogP contribution in [0.5, 0.6) is 0 Å². The minimum Gasteiger partial charge on any atom is -0.207 e. The molecule has 148 valence electrons. The fraction of sp³-hybridized carbons (Fsp3) is 0.167. The van der Waals surface area contributed by atoms with E-state index < -0.39 is 10.0 Å². The average molecular weight is 408 g/mol. The summed E-state index contributed by atoms with van der Waals surface area (Å²) in [6, 6.07) is 23.1. The topological polar surface area (TPSA) is 37.4 Å². The number of rotatable bonds is 4. The summed E-state index contributed by atoms with van der Waals surface area (Å²) in [6.45, 7) is 2.54. The number of benzene rings is 3. The summed E-state index contributed by atoms with van der Waals surface area (Å²) in [5, 5.41) is 0. The largest absolute Gasteiger partial charge is 0.243 e. The fourth-order valence-electron chi connectivity index (χ4n) is 3.70. The normalized spacial score (nSPS) is 17.7. The van der Waals surface area contributed by atoms with Crippen molar-refractivity contribution in [2.75, 3.05) is 13.1 Å². The van der Waals surface area contributed by atoms with Gasteiger partial charge in [-0.3, -0.25) is 0 Å². The van der Waals surface area contributed by atoms with Gasteiger partial charge in [0, 0.05) is 19.0 Å². The van der Waals surface area contributed by atoms with Gasteiger partial charge in [-0.2, -0.15) is 4.31 Å². The SMILES string of the molecule is Cc1ccc(S(=O)(=O)N2CC=C(c3ccccc3)C(c3ccc(F)cc3)C2)cc1. The Hall–Kier alpha value is -2.76. The minimum absolute atomic E-state index is 0.174. The van der Waals surface area contributed by atoms with Crippen molar-refractivity contribution in [1.29, 1.82) is 0 Å². The van der Waals surface area contributed by atoms with Crippen LogP contribution in [0.25, 0.3) is 5.57 Å². The molecule has 0 N–H and O–H groups in total. The zero-order valence-corrected chi connectivity index (χ0v) is 16.9. The van der Waals surface area contributed by atoms with Crippen molar-refractivity contribution < 1.29 is 12.8 Å². The van der Waals surface area contributed by atoms with E-state index in [2.05, 4.69) is 0 Å². The maximum Gasteiger partial charge on any atom is 0.243 e. The number of hydrogen-bond donors (Lipinski definition) is 0. The van der Waals surface area contributed by atoms with Crippen LogP contribution in [0.3, 0.4) is 0 Å². The molecule has 5 heteroatoms. The van der Waals surface area contributed by atoms with E-state index in [1.54, 1.807) is 36.4 Å². The van der Waals surface area contributed by atoms with Crippen molar-refractivity contribution in [3.05, 3.63) is 107 Å². The molecule has 1 aliphatic rings. The van der Waals surface area contributed by atoms with Gasteiger partial charge in [0.2, 0.25) is 10.0 Å². The van der Waals surface area contributed by atoms with Crippen LogP contribution in [0, 0.1) is 12.7 Å². The Morgan fingerprint density at radius 3 is 2.21 bits per heavy atom. The van der Waals surface area contributed by atoms with Crippen LogP contribution in [0.4, 0.5) is 4.39 Å². The summed E-state index contributed by atoms with van der Waals surface area (Å²) in [4.78, 5) is 0.289. The molecule has 0 saturated heterocycles. The molecule has 3 aromatic rings. The molecule has 0 aromatic heterocycles. The van der Waals surface area contributed by atoms with Crippen molar-refractivity contribution in [2.24, 2.45) is 0 Å². The molecule has 0 aliphatic carbocycles. The molecule has 29 heavy (non-hydrogen) atoms. The van der Waals surface area contributed by atoms with Gasteiger partial charge in [-0.1, -0.05) is 66.2 Å². The van der Waals surface area contributed by atoms with E-state index >= 15 is 0 Å². The highest BCUT2D eigenvalue weighted by molar-refractivity contribution is 7.89. The first-order valence-corrected chi connectivity index (χ1v) is 11.0. The molecule has 0 saturated carbocycles. The first-order chi connectivity index (χ1) is 13.9. The Balaban J connectivity index is 1.74.